The first-order chi connectivity index (χ1) is 12.4. The first-order valence-electron chi connectivity index (χ1n) is 7.25. The quantitative estimate of drug-likeness (QED) is 0.311. The highest BCUT2D eigenvalue weighted by atomic mass is 32.2. The van der Waals surface area contributed by atoms with Crippen LogP contribution in [0.1, 0.15) is 11.4 Å². The van der Waals surface area contributed by atoms with Crippen LogP contribution in [0.4, 0.5) is 5.82 Å². The Kier molecular flexibility index (Phi) is 4.54. The SMILES string of the molecule is COc1ccc(/C=N/c2nc3[nH]nc(C)n3c(=O)c2S(=O)(=O)NN)cc1. The lowest BCUT2D eigenvalue weighted by Gasteiger charge is -2.05. The molecule has 0 amide bonds. The van der Waals surface area contributed by atoms with E-state index in [-0.39, 0.29) is 17.4 Å². The molecule has 0 saturated carbocycles. The number of benzene rings is 1. The van der Waals surface area contributed by atoms with Gasteiger partial charge in [0.2, 0.25) is 5.78 Å². The van der Waals surface area contributed by atoms with E-state index >= 15 is 0 Å². The van der Waals surface area contributed by atoms with E-state index in [0.717, 1.165) is 4.40 Å². The zero-order valence-corrected chi connectivity index (χ0v) is 14.6. The topological polar surface area (TPSA) is 157 Å². The summed E-state index contributed by atoms with van der Waals surface area (Å²) in [6.07, 6.45) is 1.37. The van der Waals surface area contributed by atoms with Crippen LogP contribution in [0.3, 0.4) is 0 Å². The fraction of sp³-hybridized carbons (Fsp3) is 0.143. The number of aromatic amines is 1. The van der Waals surface area contributed by atoms with Crippen molar-refractivity contribution in [2.45, 2.75) is 11.8 Å². The van der Waals surface area contributed by atoms with Crippen molar-refractivity contribution >= 4 is 27.8 Å². The first kappa shape index (κ1) is 17.7. The van der Waals surface area contributed by atoms with Crippen molar-refractivity contribution in [3.8, 4) is 5.75 Å². The first-order valence-corrected chi connectivity index (χ1v) is 8.74. The van der Waals surface area contributed by atoms with Crippen molar-refractivity contribution in [2.75, 3.05) is 7.11 Å². The number of hydrazine groups is 1. The summed E-state index contributed by atoms with van der Waals surface area (Å²) in [6, 6.07) is 6.85. The third kappa shape index (κ3) is 3.08. The van der Waals surface area contributed by atoms with E-state index in [1.165, 1.54) is 13.1 Å². The van der Waals surface area contributed by atoms with Crippen LogP contribution in [-0.2, 0) is 10.0 Å². The molecule has 0 atom stereocenters. The van der Waals surface area contributed by atoms with E-state index in [2.05, 4.69) is 20.2 Å². The molecular formula is C14H15N7O4S. The summed E-state index contributed by atoms with van der Waals surface area (Å²) in [5, 5.41) is 6.39. The Bertz CT molecular complexity index is 1150. The minimum Gasteiger partial charge on any atom is -0.497 e. The average molecular weight is 377 g/mol. The standard InChI is InChI=1S/C14H15N7O4S/c1-8-18-19-14-17-12(11(13(22)21(8)14)26(23,24)20-15)16-7-9-3-5-10(25-2)6-4-9/h3-7,20H,15H2,1-2H3,(H,17,19)/b16-7+. The molecule has 0 saturated heterocycles. The highest BCUT2D eigenvalue weighted by Gasteiger charge is 2.26. The highest BCUT2D eigenvalue weighted by Crippen LogP contribution is 2.19. The van der Waals surface area contributed by atoms with Gasteiger partial charge in [-0.05, 0) is 36.8 Å². The summed E-state index contributed by atoms with van der Waals surface area (Å²) >= 11 is 0. The number of aryl methyl sites for hydroxylation is 1. The predicted molar refractivity (Wildman–Crippen MR) is 93.1 cm³/mol. The Balaban J connectivity index is 2.19. The van der Waals surface area contributed by atoms with Gasteiger partial charge in [0.15, 0.2) is 10.7 Å². The molecule has 0 aliphatic carbocycles. The Labute approximate surface area is 147 Å². The summed E-state index contributed by atoms with van der Waals surface area (Å²) < 4.78 is 30.5. The molecule has 11 nitrogen and oxygen atoms in total. The van der Waals surface area contributed by atoms with E-state index in [4.69, 9.17) is 10.6 Å². The molecule has 0 unspecified atom stereocenters. The number of sulfonamides is 1. The van der Waals surface area contributed by atoms with Gasteiger partial charge in [-0.3, -0.25) is 10.6 Å². The summed E-state index contributed by atoms with van der Waals surface area (Å²) in [6.45, 7) is 1.53. The number of aromatic nitrogens is 4. The number of ether oxygens (including phenoxy) is 1. The van der Waals surface area contributed by atoms with Crippen LogP contribution in [0.5, 0.6) is 5.75 Å². The zero-order valence-electron chi connectivity index (χ0n) is 13.8. The van der Waals surface area contributed by atoms with Gasteiger partial charge in [-0.25, -0.2) is 22.9 Å². The van der Waals surface area contributed by atoms with Crippen LogP contribution in [0.2, 0.25) is 0 Å². The van der Waals surface area contributed by atoms with Gasteiger partial charge < -0.3 is 4.74 Å². The third-order valence-corrected chi connectivity index (χ3v) is 4.75. The Hall–Kier alpha value is -3.09. The van der Waals surface area contributed by atoms with Gasteiger partial charge in [0, 0.05) is 6.21 Å². The number of methoxy groups -OCH3 is 1. The number of rotatable bonds is 5. The number of H-pyrrole nitrogens is 1. The predicted octanol–water partition coefficient (Wildman–Crippen LogP) is -0.363. The van der Waals surface area contributed by atoms with Gasteiger partial charge >= 0.3 is 0 Å². The van der Waals surface area contributed by atoms with Gasteiger partial charge in [0.05, 0.1) is 7.11 Å². The molecule has 0 spiro atoms. The van der Waals surface area contributed by atoms with E-state index in [1.54, 1.807) is 36.2 Å². The van der Waals surface area contributed by atoms with Gasteiger partial charge in [-0.1, -0.05) is 0 Å². The number of nitrogens with zero attached hydrogens (tertiary/aromatic N) is 4. The minimum absolute atomic E-state index is 0.0605. The average Bonchev–Trinajstić information content (AvgIpc) is 3.01. The number of fused-ring (bicyclic) bond motifs is 1. The van der Waals surface area contributed by atoms with Crippen LogP contribution in [0.15, 0.2) is 38.9 Å². The third-order valence-electron chi connectivity index (χ3n) is 3.54. The molecule has 3 rings (SSSR count). The van der Waals surface area contributed by atoms with Crippen molar-refractivity contribution < 1.29 is 13.2 Å². The largest absolute Gasteiger partial charge is 0.497 e. The van der Waals surface area contributed by atoms with Crippen LogP contribution < -0.4 is 21.0 Å². The summed E-state index contributed by atoms with van der Waals surface area (Å²) in [5.41, 5.74) is -0.210. The molecule has 0 fully saturated rings. The van der Waals surface area contributed by atoms with Crippen molar-refractivity contribution in [2.24, 2.45) is 10.8 Å². The maximum Gasteiger partial charge on any atom is 0.283 e. The lowest BCUT2D eigenvalue weighted by Crippen LogP contribution is -2.35. The minimum atomic E-state index is -4.30. The molecule has 0 radical (unpaired) electrons. The Morgan fingerprint density at radius 1 is 1.35 bits per heavy atom. The number of aliphatic imine (C=N–C) groups is 1. The smallest absolute Gasteiger partial charge is 0.283 e. The van der Waals surface area contributed by atoms with Crippen molar-refractivity contribution in [1.82, 2.24) is 24.4 Å². The van der Waals surface area contributed by atoms with E-state index in [1.807, 2.05) is 0 Å². The number of nitrogens with one attached hydrogen (secondary N) is 2. The Morgan fingerprint density at radius 2 is 2.04 bits per heavy atom. The second-order valence-corrected chi connectivity index (χ2v) is 6.80. The van der Waals surface area contributed by atoms with Crippen LogP contribution in [0, 0.1) is 6.92 Å². The molecular weight excluding hydrogens is 362 g/mol. The van der Waals surface area contributed by atoms with Crippen LogP contribution in [0.25, 0.3) is 5.78 Å². The van der Waals surface area contributed by atoms with Gasteiger partial charge in [-0.15, -0.1) is 4.83 Å². The lowest BCUT2D eigenvalue weighted by molar-refractivity contribution is 0.415. The molecule has 3 aromatic rings. The van der Waals surface area contributed by atoms with E-state index in [9.17, 15) is 13.2 Å². The van der Waals surface area contributed by atoms with Crippen molar-refractivity contribution in [1.29, 1.82) is 0 Å². The van der Waals surface area contributed by atoms with Crippen molar-refractivity contribution in [3.05, 3.63) is 46.0 Å². The van der Waals surface area contributed by atoms with E-state index in [0.29, 0.717) is 11.3 Å². The summed E-state index contributed by atoms with van der Waals surface area (Å²) in [7, 11) is -2.76. The molecule has 0 bridgehead atoms. The highest BCUT2D eigenvalue weighted by molar-refractivity contribution is 7.89. The maximum absolute atomic E-state index is 12.6. The lowest BCUT2D eigenvalue weighted by atomic mass is 10.2. The normalized spacial score (nSPS) is 12.1. The van der Waals surface area contributed by atoms with Crippen LogP contribution >= 0.6 is 0 Å². The molecule has 2 heterocycles. The molecule has 0 aliphatic rings. The summed E-state index contributed by atoms with van der Waals surface area (Å²) in [4.78, 5) is 21.7. The molecule has 26 heavy (non-hydrogen) atoms. The van der Waals surface area contributed by atoms with Crippen molar-refractivity contribution in [3.63, 3.8) is 0 Å². The molecule has 0 aliphatic heterocycles. The van der Waals surface area contributed by atoms with Crippen LogP contribution in [-0.4, -0.2) is 41.3 Å². The monoisotopic (exact) mass is 377 g/mol. The van der Waals surface area contributed by atoms with Gasteiger partial charge in [0.25, 0.3) is 15.6 Å². The molecule has 2 aromatic heterocycles. The fourth-order valence-electron chi connectivity index (χ4n) is 2.26. The number of hydrogen-bond donors (Lipinski definition) is 3. The Morgan fingerprint density at radius 3 is 2.65 bits per heavy atom. The molecule has 1 aromatic carbocycles. The molecule has 136 valence electrons. The second kappa shape index (κ2) is 6.67. The number of hydrogen-bond acceptors (Lipinski definition) is 8. The van der Waals surface area contributed by atoms with Gasteiger partial charge in [0.1, 0.15) is 11.6 Å². The molecule has 4 N–H and O–H groups in total. The fourth-order valence-corrected chi connectivity index (χ4v) is 3.04. The second-order valence-electron chi connectivity index (χ2n) is 5.15. The molecule has 12 heteroatoms. The van der Waals surface area contributed by atoms with E-state index < -0.39 is 20.5 Å². The number of nitrogens with two attached hydrogens (primary N) is 1. The van der Waals surface area contributed by atoms with Gasteiger partial charge in [-0.2, -0.15) is 10.1 Å². The maximum atomic E-state index is 12.6. The zero-order chi connectivity index (χ0) is 18.9. The summed E-state index contributed by atoms with van der Waals surface area (Å²) in [5.74, 6) is 5.72.